The van der Waals surface area contributed by atoms with Crippen LogP contribution in [-0.2, 0) is 0 Å². The molecule has 0 fully saturated rings. The van der Waals surface area contributed by atoms with Gasteiger partial charge in [0.05, 0.1) is 0 Å². The molecule has 0 amide bonds. The quantitative estimate of drug-likeness (QED) is 0.442. The zero-order valence-corrected chi connectivity index (χ0v) is 9.96. The number of hydrogen-bond donors (Lipinski definition) is 1. The van der Waals surface area contributed by atoms with Crippen LogP contribution < -0.4 is 5.32 Å². The van der Waals surface area contributed by atoms with Crippen LogP contribution >= 0.6 is 23.1 Å². The van der Waals surface area contributed by atoms with Gasteiger partial charge in [-0.05, 0) is 13.0 Å². The zero-order chi connectivity index (χ0) is 10.2. The van der Waals surface area contributed by atoms with Crippen LogP contribution in [0.1, 0.15) is 13.3 Å². The Kier molecular flexibility index (Phi) is 5.82. The van der Waals surface area contributed by atoms with Gasteiger partial charge in [0.1, 0.15) is 5.51 Å². The fourth-order valence-corrected chi connectivity index (χ4v) is 2.27. The Morgan fingerprint density at radius 3 is 3.21 bits per heavy atom. The first-order valence-electron chi connectivity index (χ1n) is 4.59. The summed E-state index contributed by atoms with van der Waals surface area (Å²) in [6, 6.07) is 0. The second-order valence-corrected chi connectivity index (χ2v) is 4.98. The molecule has 0 aliphatic rings. The van der Waals surface area contributed by atoms with Gasteiger partial charge in [-0.3, -0.25) is 0 Å². The van der Waals surface area contributed by atoms with Gasteiger partial charge in [0.15, 0.2) is 4.34 Å². The molecule has 14 heavy (non-hydrogen) atoms. The Hall–Kier alpha value is -0.390. The summed E-state index contributed by atoms with van der Waals surface area (Å²) >= 11 is 3.27. The molecule has 1 N–H and O–H groups in total. The number of nitrogens with one attached hydrogen (secondary N) is 1. The van der Waals surface area contributed by atoms with E-state index in [0.717, 1.165) is 29.6 Å². The van der Waals surface area contributed by atoms with Gasteiger partial charge >= 0.3 is 0 Å². The zero-order valence-electron chi connectivity index (χ0n) is 8.32. The monoisotopic (exact) mass is 229 g/mol. The molecule has 3 nitrogen and oxygen atoms in total. The fourth-order valence-electron chi connectivity index (χ4n) is 0.883. The lowest BCUT2D eigenvalue weighted by Gasteiger charge is -2.04. The second kappa shape index (κ2) is 6.98. The van der Waals surface area contributed by atoms with E-state index in [1.165, 1.54) is 5.57 Å². The number of thioether (sulfide) groups is 1. The van der Waals surface area contributed by atoms with Gasteiger partial charge in [-0.2, -0.15) is 0 Å². The van der Waals surface area contributed by atoms with Crippen molar-refractivity contribution < 1.29 is 0 Å². The van der Waals surface area contributed by atoms with Crippen LogP contribution in [0.5, 0.6) is 0 Å². The highest BCUT2D eigenvalue weighted by Crippen LogP contribution is 2.20. The summed E-state index contributed by atoms with van der Waals surface area (Å²) < 4.78 is 1.02. The summed E-state index contributed by atoms with van der Waals surface area (Å²) in [4.78, 5) is 0. The molecule has 1 rings (SSSR count). The molecular weight excluding hydrogens is 214 g/mol. The molecular formula is C9H15N3S2. The van der Waals surface area contributed by atoms with Gasteiger partial charge in [0, 0.05) is 12.3 Å². The van der Waals surface area contributed by atoms with Gasteiger partial charge in [-0.1, -0.05) is 42.2 Å². The summed E-state index contributed by atoms with van der Waals surface area (Å²) in [6.07, 6.45) is 1.16. The highest BCUT2D eigenvalue weighted by molar-refractivity contribution is 8.01. The molecule has 1 heterocycles. The first-order valence-corrected chi connectivity index (χ1v) is 6.45. The van der Waals surface area contributed by atoms with Crippen molar-refractivity contribution in [2.75, 3.05) is 18.8 Å². The average Bonchev–Trinajstić information content (AvgIpc) is 2.68. The van der Waals surface area contributed by atoms with Crippen LogP contribution in [0.15, 0.2) is 22.0 Å². The van der Waals surface area contributed by atoms with E-state index in [4.69, 9.17) is 0 Å². The molecule has 0 aromatic carbocycles. The van der Waals surface area contributed by atoms with Crippen molar-refractivity contribution in [2.24, 2.45) is 0 Å². The fraction of sp³-hybridized carbons (Fsp3) is 0.556. The van der Waals surface area contributed by atoms with E-state index < -0.39 is 0 Å². The average molecular weight is 229 g/mol. The van der Waals surface area contributed by atoms with Crippen LogP contribution in [0, 0.1) is 0 Å². The van der Waals surface area contributed by atoms with Crippen molar-refractivity contribution in [2.45, 2.75) is 17.7 Å². The summed E-state index contributed by atoms with van der Waals surface area (Å²) in [5, 5.41) is 11.1. The Bertz CT molecular complexity index is 259. The van der Waals surface area contributed by atoms with Crippen LogP contribution in [0.25, 0.3) is 0 Å². The smallest absolute Gasteiger partial charge is 0.174 e. The first-order chi connectivity index (χ1) is 6.83. The van der Waals surface area contributed by atoms with Crippen LogP contribution in [0.4, 0.5) is 0 Å². The van der Waals surface area contributed by atoms with Gasteiger partial charge < -0.3 is 5.32 Å². The van der Waals surface area contributed by atoms with E-state index >= 15 is 0 Å². The minimum Gasteiger partial charge on any atom is -0.313 e. The third kappa shape index (κ3) is 4.74. The molecule has 0 aliphatic heterocycles. The Balaban J connectivity index is 2.09. The number of hydrogen-bond acceptors (Lipinski definition) is 5. The predicted octanol–water partition coefficient (Wildman–Crippen LogP) is 2.19. The normalized spacial score (nSPS) is 10.4. The van der Waals surface area contributed by atoms with E-state index in [0.29, 0.717) is 0 Å². The standard InChI is InChI=1S/C9H15N3S2/c1-3-4-10-5-8(2)6-13-9-12-11-7-14-9/h7,10H,2-6H2,1H3. The maximum absolute atomic E-state index is 4.00. The van der Waals surface area contributed by atoms with E-state index in [1.54, 1.807) is 28.6 Å². The first kappa shape index (κ1) is 11.7. The third-order valence-corrected chi connectivity index (χ3v) is 3.55. The van der Waals surface area contributed by atoms with E-state index in [2.05, 4.69) is 29.0 Å². The number of aromatic nitrogens is 2. The summed E-state index contributed by atoms with van der Waals surface area (Å²) in [5.74, 6) is 0.923. The highest BCUT2D eigenvalue weighted by Gasteiger charge is 1.99. The molecule has 1 aromatic rings. The van der Waals surface area contributed by atoms with Crippen molar-refractivity contribution in [3.63, 3.8) is 0 Å². The van der Waals surface area contributed by atoms with Crippen LogP contribution in [0.3, 0.4) is 0 Å². The molecule has 0 saturated carbocycles. The molecule has 5 heteroatoms. The molecule has 0 unspecified atom stereocenters. The topological polar surface area (TPSA) is 37.8 Å². The van der Waals surface area contributed by atoms with Gasteiger partial charge in [0.2, 0.25) is 0 Å². The molecule has 0 aliphatic carbocycles. The van der Waals surface area contributed by atoms with Crippen molar-refractivity contribution in [1.29, 1.82) is 0 Å². The van der Waals surface area contributed by atoms with Gasteiger partial charge in [0.25, 0.3) is 0 Å². The van der Waals surface area contributed by atoms with Crippen molar-refractivity contribution in [1.82, 2.24) is 15.5 Å². The highest BCUT2D eigenvalue weighted by atomic mass is 32.2. The summed E-state index contributed by atoms with van der Waals surface area (Å²) in [5.41, 5.74) is 2.96. The van der Waals surface area contributed by atoms with Crippen LogP contribution in [0.2, 0.25) is 0 Å². The minimum atomic E-state index is 0.902. The van der Waals surface area contributed by atoms with Gasteiger partial charge in [-0.25, -0.2) is 0 Å². The molecule has 0 radical (unpaired) electrons. The number of rotatable bonds is 7. The largest absolute Gasteiger partial charge is 0.313 e. The SMILES string of the molecule is C=C(CNCCC)CSc1nncs1. The number of nitrogens with zero attached hydrogens (tertiary/aromatic N) is 2. The van der Waals surface area contributed by atoms with E-state index in [1.807, 2.05) is 0 Å². The second-order valence-electron chi connectivity index (χ2n) is 2.92. The van der Waals surface area contributed by atoms with E-state index in [9.17, 15) is 0 Å². The van der Waals surface area contributed by atoms with Crippen molar-refractivity contribution in [3.8, 4) is 0 Å². The molecule has 0 atom stereocenters. The minimum absolute atomic E-state index is 0.902. The maximum atomic E-state index is 4.00. The Morgan fingerprint density at radius 1 is 1.71 bits per heavy atom. The third-order valence-electron chi connectivity index (χ3n) is 1.54. The Morgan fingerprint density at radius 2 is 2.57 bits per heavy atom. The lowest BCUT2D eigenvalue weighted by atomic mass is 10.3. The lowest BCUT2D eigenvalue weighted by molar-refractivity contribution is 0.716. The molecule has 78 valence electrons. The summed E-state index contributed by atoms with van der Waals surface area (Å²) in [7, 11) is 0. The maximum Gasteiger partial charge on any atom is 0.174 e. The van der Waals surface area contributed by atoms with Crippen LogP contribution in [-0.4, -0.2) is 29.0 Å². The predicted molar refractivity (Wildman–Crippen MR) is 62.9 cm³/mol. The lowest BCUT2D eigenvalue weighted by Crippen LogP contribution is -2.18. The van der Waals surface area contributed by atoms with E-state index in [-0.39, 0.29) is 0 Å². The Labute approximate surface area is 93.0 Å². The molecule has 0 spiro atoms. The summed E-state index contributed by atoms with van der Waals surface area (Å²) in [6.45, 7) is 8.12. The molecule has 1 aromatic heterocycles. The molecule has 0 bridgehead atoms. The van der Waals surface area contributed by atoms with Gasteiger partial charge in [-0.15, -0.1) is 10.2 Å². The van der Waals surface area contributed by atoms with Crippen molar-refractivity contribution >= 4 is 23.1 Å². The molecule has 0 saturated heterocycles. The van der Waals surface area contributed by atoms with Crippen molar-refractivity contribution in [3.05, 3.63) is 17.7 Å².